The standard InChI is InChI=1S/C22H21N7O2/c1-13-11-31-20(26-13)9-15-5-4-14(8-19(15)30-3)16-10-18(17-6-7-28(2)27-17)29-21(16)22(23)24-12-25-29/h4-8,10-12H,9H2,1-3H3,(H2,23,24,25). The second-order valence-corrected chi connectivity index (χ2v) is 7.31. The Labute approximate surface area is 178 Å². The molecule has 4 aromatic heterocycles. The fourth-order valence-electron chi connectivity index (χ4n) is 3.73. The van der Waals surface area contributed by atoms with Gasteiger partial charge in [0.15, 0.2) is 11.7 Å². The molecule has 0 aliphatic carbocycles. The largest absolute Gasteiger partial charge is 0.496 e. The lowest BCUT2D eigenvalue weighted by atomic mass is 10.0. The predicted molar refractivity (Wildman–Crippen MR) is 116 cm³/mol. The molecule has 5 aromatic rings. The van der Waals surface area contributed by atoms with Crippen LogP contribution in [0.3, 0.4) is 0 Å². The highest BCUT2D eigenvalue weighted by Gasteiger charge is 2.19. The van der Waals surface area contributed by atoms with E-state index in [4.69, 9.17) is 14.9 Å². The smallest absolute Gasteiger partial charge is 0.198 e. The van der Waals surface area contributed by atoms with E-state index in [0.717, 1.165) is 45.0 Å². The number of oxazole rings is 1. The molecule has 9 nitrogen and oxygen atoms in total. The van der Waals surface area contributed by atoms with E-state index in [2.05, 4.69) is 20.2 Å². The van der Waals surface area contributed by atoms with Gasteiger partial charge in [0.2, 0.25) is 0 Å². The Balaban J connectivity index is 1.63. The van der Waals surface area contributed by atoms with Gasteiger partial charge in [0.05, 0.1) is 24.9 Å². The fourth-order valence-corrected chi connectivity index (χ4v) is 3.73. The number of benzene rings is 1. The molecule has 0 fully saturated rings. The van der Waals surface area contributed by atoms with Gasteiger partial charge >= 0.3 is 0 Å². The molecule has 0 bridgehead atoms. The molecule has 4 heterocycles. The summed E-state index contributed by atoms with van der Waals surface area (Å²) in [6, 6.07) is 9.98. The number of methoxy groups -OCH3 is 1. The van der Waals surface area contributed by atoms with Crippen molar-refractivity contribution in [3.05, 3.63) is 66.3 Å². The van der Waals surface area contributed by atoms with Crippen molar-refractivity contribution in [2.24, 2.45) is 7.05 Å². The molecule has 0 aliphatic rings. The highest BCUT2D eigenvalue weighted by Crippen LogP contribution is 2.36. The average molecular weight is 415 g/mol. The molecule has 0 spiro atoms. The van der Waals surface area contributed by atoms with Crippen LogP contribution in [0.5, 0.6) is 5.75 Å². The molecule has 0 saturated heterocycles. The molecule has 156 valence electrons. The third kappa shape index (κ3) is 3.29. The van der Waals surface area contributed by atoms with Crippen LogP contribution >= 0.6 is 0 Å². The Morgan fingerprint density at radius 1 is 1.19 bits per heavy atom. The molecular formula is C22H21N7O2. The lowest BCUT2D eigenvalue weighted by Gasteiger charge is -2.10. The van der Waals surface area contributed by atoms with Gasteiger partial charge in [-0.1, -0.05) is 12.1 Å². The number of nitrogen functional groups attached to an aromatic ring is 1. The number of nitrogens with zero attached hydrogens (tertiary/aromatic N) is 6. The van der Waals surface area contributed by atoms with E-state index < -0.39 is 0 Å². The third-order valence-corrected chi connectivity index (χ3v) is 5.17. The summed E-state index contributed by atoms with van der Waals surface area (Å²) >= 11 is 0. The summed E-state index contributed by atoms with van der Waals surface area (Å²) in [5.41, 5.74) is 12.3. The van der Waals surface area contributed by atoms with E-state index in [1.54, 1.807) is 22.6 Å². The lowest BCUT2D eigenvalue weighted by Crippen LogP contribution is -2.01. The van der Waals surface area contributed by atoms with Crippen molar-refractivity contribution in [1.82, 2.24) is 29.4 Å². The van der Waals surface area contributed by atoms with E-state index >= 15 is 0 Å². The van der Waals surface area contributed by atoms with Crippen LogP contribution in [-0.4, -0.2) is 36.5 Å². The van der Waals surface area contributed by atoms with Crippen LogP contribution < -0.4 is 10.5 Å². The highest BCUT2D eigenvalue weighted by atomic mass is 16.5. The molecule has 5 rings (SSSR count). The number of aromatic nitrogens is 6. The number of rotatable bonds is 5. The maximum absolute atomic E-state index is 6.25. The van der Waals surface area contributed by atoms with Crippen molar-refractivity contribution in [3.63, 3.8) is 0 Å². The van der Waals surface area contributed by atoms with Crippen molar-refractivity contribution in [2.45, 2.75) is 13.3 Å². The van der Waals surface area contributed by atoms with Crippen molar-refractivity contribution >= 4 is 11.3 Å². The van der Waals surface area contributed by atoms with E-state index in [9.17, 15) is 0 Å². The molecule has 0 radical (unpaired) electrons. The van der Waals surface area contributed by atoms with E-state index in [1.807, 2.05) is 50.5 Å². The number of anilines is 1. The van der Waals surface area contributed by atoms with Crippen LogP contribution in [-0.2, 0) is 13.5 Å². The predicted octanol–water partition coefficient (Wildman–Crippen LogP) is 3.27. The van der Waals surface area contributed by atoms with Gasteiger partial charge in [0.1, 0.15) is 29.6 Å². The Morgan fingerprint density at radius 3 is 2.77 bits per heavy atom. The summed E-state index contributed by atoms with van der Waals surface area (Å²) in [6.07, 6.45) is 5.52. The quantitative estimate of drug-likeness (QED) is 0.469. The van der Waals surface area contributed by atoms with Gasteiger partial charge in [-0.2, -0.15) is 10.2 Å². The number of aryl methyl sites for hydroxylation is 2. The molecule has 1 aromatic carbocycles. The molecular weight excluding hydrogens is 394 g/mol. The number of ether oxygens (including phenoxy) is 1. The Morgan fingerprint density at radius 2 is 2.06 bits per heavy atom. The minimum absolute atomic E-state index is 0.394. The summed E-state index contributed by atoms with van der Waals surface area (Å²) in [5, 5.41) is 8.93. The molecule has 9 heteroatoms. The number of fused-ring (bicyclic) bond motifs is 1. The van der Waals surface area contributed by atoms with Gasteiger partial charge < -0.3 is 14.9 Å². The van der Waals surface area contributed by atoms with Crippen molar-refractivity contribution < 1.29 is 9.15 Å². The van der Waals surface area contributed by atoms with Crippen molar-refractivity contribution in [3.8, 4) is 28.3 Å². The Kier molecular flexibility index (Phi) is 4.43. The minimum atomic E-state index is 0.394. The second-order valence-electron chi connectivity index (χ2n) is 7.31. The zero-order valence-corrected chi connectivity index (χ0v) is 17.4. The van der Waals surface area contributed by atoms with E-state index in [0.29, 0.717) is 18.1 Å². The first kappa shape index (κ1) is 18.9. The SMILES string of the molecule is COc1cc(-c2cc(-c3ccn(C)n3)n3ncnc(N)c23)ccc1Cc1nc(C)co1. The van der Waals surface area contributed by atoms with Crippen LogP contribution in [0, 0.1) is 6.92 Å². The number of hydrogen-bond acceptors (Lipinski definition) is 7. The molecule has 0 atom stereocenters. The normalized spacial score (nSPS) is 11.3. The molecule has 0 aliphatic heterocycles. The minimum Gasteiger partial charge on any atom is -0.496 e. The van der Waals surface area contributed by atoms with E-state index in [-0.39, 0.29) is 0 Å². The summed E-state index contributed by atoms with van der Waals surface area (Å²) in [5.74, 6) is 1.78. The first-order valence-corrected chi connectivity index (χ1v) is 9.74. The van der Waals surface area contributed by atoms with Gasteiger partial charge in [0, 0.05) is 24.4 Å². The molecule has 31 heavy (non-hydrogen) atoms. The monoisotopic (exact) mass is 415 g/mol. The van der Waals surface area contributed by atoms with Gasteiger partial charge in [-0.3, -0.25) is 4.68 Å². The van der Waals surface area contributed by atoms with Gasteiger partial charge in [-0.25, -0.2) is 14.5 Å². The highest BCUT2D eigenvalue weighted by molar-refractivity contribution is 5.91. The summed E-state index contributed by atoms with van der Waals surface area (Å²) in [6.45, 7) is 1.90. The Bertz CT molecular complexity index is 1400. The summed E-state index contributed by atoms with van der Waals surface area (Å²) in [7, 11) is 3.53. The first-order valence-electron chi connectivity index (χ1n) is 9.74. The van der Waals surface area contributed by atoms with E-state index in [1.165, 1.54) is 6.33 Å². The zero-order chi connectivity index (χ0) is 21.5. The molecule has 0 unspecified atom stereocenters. The fraction of sp³-hybridized carbons (Fsp3) is 0.182. The number of nitrogens with two attached hydrogens (primary N) is 1. The Hall–Kier alpha value is -4.14. The zero-order valence-electron chi connectivity index (χ0n) is 17.4. The van der Waals surface area contributed by atoms with Crippen LogP contribution in [0.2, 0.25) is 0 Å². The van der Waals surface area contributed by atoms with Gasteiger partial charge in [0.25, 0.3) is 0 Å². The average Bonchev–Trinajstić information content (AvgIpc) is 3.47. The molecule has 0 saturated carbocycles. The van der Waals surface area contributed by atoms with Crippen LogP contribution in [0.15, 0.2) is 53.5 Å². The number of hydrogen-bond donors (Lipinski definition) is 1. The third-order valence-electron chi connectivity index (χ3n) is 5.17. The topological polar surface area (TPSA) is 109 Å². The second kappa shape index (κ2) is 7.28. The summed E-state index contributed by atoms with van der Waals surface area (Å²) in [4.78, 5) is 8.58. The molecule has 2 N–H and O–H groups in total. The van der Waals surface area contributed by atoms with Crippen LogP contribution in [0.4, 0.5) is 5.82 Å². The molecule has 0 amide bonds. The maximum atomic E-state index is 6.25. The summed E-state index contributed by atoms with van der Waals surface area (Å²) < 4.78 is 14.7. The van der Waals surface area contributed by atoms with Crippen LogP contribution in [0.25, 0.3) is 28.0 Å². The lowest BCUT2D eigenvalue weighted by molar-refractivity contribution is 0.408. The van der Waals surface area contributed by atoms with Crippen molar-refractivity contribution in [2.75, 3.05) is 12.8 Å². The first-order chi connectivity index (χ1) is 15.0. The van der Waals surface area contributed by atoms with Gasteiger partial charge in [-0.15, -0.1) is 0 Å². The maximum Gasteiger partial charge on any atom is 0.198 e. The van der Waals surface area contributed by atoms with Crippen molar-refractivity contribution in [1.29, 1.82) is 0 Å². The van der Waals surface area contributed by atoms with Gasteiger partial charge in [-0.05, 0) is 30.7 Å². The van der Waals surface area contributed by atoms with Crippen LogP contribution in [0.1, 0.15) is 17.1 Å².